The molecule has 0 aromatic carbocycles. The van der Waals surface area contributed by atoms with E-state index in [1.807, 2.05) is 0 Å². The van der Waals surface area contributed by atoms with Crippen molar-refractivity contribution >= 4 is 0 Å². The van der Waals surface area contributed by atoms with Gasteiger partial charge in [-0.3, -0.25) is 4.90 Å². The number of hydrogen-bond donors (Lipinski definition) is 0. The maximum atomic E-state index is 5.92. The molecule has 3 rings (SSSR count). The van der Waals surface area contributed by atoms with E-state index in [4.69, 9.17) is 9.47 Å². The third-order valence-electron chi connectivity index (χ3n) is 5.36. The van der Waals surface area contributed by atoms with Crippen molar-refractivity contribution in [2.75, 3.05) is 13.1 Å². The van der Waals surface area contributed by atoms with Gasteiger partial charge in [0, 0.05) is 0 Å². The predicted octanol–water partition coefficient (Wildman–Crippen LogP) is 3.04. The largest absolute Gasteiger partial charge is 0.369 e. The summed E-state index contributed by atoms with van der Waals surface area (Å²) in [6, 6.07) is 0. The smallest absolute Gasteiger partial charge is 0.137 e. The monoisotopic (exact) mass is 267 g/mol. The molecule has 19 heavy (non-hydrogen) atoms. The first kappa shape index (κ1) is 13.8. The first-order chi connectivity index (χ1) is 9.28. The summed E-state index contributed by atoms with van der Waals surface area (Å²) in [6.45, 7) is 8.97. The summed E-state index contributed by atoms with van der Waals surface area (Å²) in [7, 11) is 0. The van der Waals surface area contributed by atoms with Gasteiger partial charge in [0.2, 0.25) is 0 Å². The van der Waals surface area contributed by atoms with E-state index in [0.29, 0.717) is 24.5 Å². The first-order valence-electron chi connectivity index (χ1n) is 8.33. The summed E-state index contributed by atoms with van der Waals surface area (Å²) in [5, 5.41) is 0. The molecule has 110 valence electrons. The molecule has 3 nitrogen and oxygen atoms in total. The number of likely N-dealkylation sites (N-methyl/N-ethyl adjacent to an activating group) is 1. The molecule has 0 amide bonds. The van der Waals surface area contributed by atoms with Gasteiger partial charge in [0.1, 0.15) is 6.23 Å². The maximum absolute atomic E-state index is 5.92. The molecule has 0 aromatic heterocycles. The topological polar surface area (TPSA) is 28.3 Å². The van der Waals surface area contributed by atoms with Crippen molar-refractivity contribution in [2.45, 2.75) is 77.4 Å². The van der Waals surface area contributed by atoms with E-state index in [-0.39, 0.29) is 0 Å². The Morgan fingerprint density at radius 1 is 1.05 bits per heavy atom. The van der Waals surface area contributed by atoms with Crippen molar-refractivity contribution in [3.8, 4) is 0 Å². The molecule has 0 aromatic rings. The van der Waals surface area contributed by atoms with E-state index in [1.165, 1.54) is 32.1 Å². The van der Waals surface area contributed by atoms with Crippen LogP contribution in [-0.2, 0) is 9.47 Å². The molecule has 0 spiro atoms. The van der Waals surface area contributed by atoms with Crippen LogP contribution in [0.5, 0.6) is 0 Å². The lowest BCUT2D eigenvalue weighted by Gasteiger charge is -2.28. The van der Waals surface area contributed by atoms with Gasteiger partial charge in [-0.15, -0.1) is 0 Å². The van der Waals surface area contributed by atoms with E-state index in [0.717, 1.165) is 24.9 Å². The lowest BCUT2D eigenvalue weighted by Crippen LogP contribution is -2.31. The van der Waals surface area contributed by atoms with Crippen molar-refractivity contribution in [2.24, 2.45) is 11.8 Å². The minimum atomic E-state index is 0.412. The quantitative estimate of drug-likeness (QED) is 0.664. The van der Waals surface area contributed by atoms with Crippen LogP contribution < -0.4 is 0 Å². The van der Waals surface area contributed by atoms with Gasteiger partial charge >= 0.3 is 0 Å². The summed E-state index contributed by atoms with van der Waals surface area (Å²) in [5.41, 5.74) is 0. The van der Waals surface area contributed by atoms with Crippen LogP contribution in [-0.4, -0.2) is 42.5 Å². The highest BCUT2D eigenvalue weighted by Crippen LogP contribution is 2.49. The predicted molar refractivity (Wildman–Crippen MR) is 76.0 cm³/mol. The summed E-state index contributed by atoms with van der Waals surface area (Å²) in [5.74, 6) is 1.65. The second kappa shape index (κ2) is 5.71. The SMILES string of the molecule is CCCC1C(C[C@@H]2OC2N(CC)CC)CCC2OC21. The van der Waals surface area contributed by atoms with E-state index in [9.17, 15) is 0 Å². The Balaban J connectivity index is 1.52. The maximum Gasteiger partial charge on any atom is 0.137 e. The van der Waals surface area contributed by atoms with Crippen molar-refractivity contribution in [1.82, 2.24) is 4.90 Å². The van der Waals surface area contributed by atoms with Crippen LogP contribution in [0, 0.1) is 11.8 Å². The number of rotatable bonds is 7. The highest BCUT2D eigenvalue weighted by Gasteiger charge is 2.53. The number of epoxide rings is 2. The molecule has 6 atom stereocenters. The second-order valence-corrected chi connectivity index (χ2v) is 6.45. The number of ether oxygens (including phenoxy) is 2. The van der Waals surface area contributed by atoms with Crippen molar-refractivity contribution in [1.29, 1.82) is 0 Å². The molecule has 3 fully saturated rings. The lowest BCUT2D eigenvalue weighted by atomic mass is 9.75. The molecule has 0 radical (unpaired) electrons. The van der Waals surface area contributed by atoms with Gasteiger partial charge in [-0.2, -0.15) is 0 Å². The fourth-order valence-corrected chi connectivity index (χ4v) is 4.16. The molecule has 5 unspecified atom stereocenters. The van der Waals surface area contributed by atoms with Gasteiger partial charge in [-0.05, 0) is 50.6 Å². The molecule has 3 heteroatoms. The van der Waals surface area contributed by atoms with Crippen molar-refractivity contribution < 1.29 is 9.47 Å². The Morgan fingerprint density at radius 2 is 1.84 bits per heavy atom. The van der Waals surface area contributed by atoms with Gasteiger partial charge in [-0.1, -0.05) is 27.2 Å². The average molecular weight is 267 g/mol. The third-order valence-corrected chi connectivity index (χ3v) is 5.36. The fraction of sp³-hybridized carbons (Fsp3) is 1.00. The standard InChI is InChI=1S/C16H29NO2/c1-4-7-12-11(8-9-13-15(12)18-13)10-14-16(19-14)17(5-2)6-3/h11-16H,4-10H2,1-3H3/t11?,12?,13?,14-,15?,16?/m0/s1. The van der Waals surface area contributed by atoms with Crippen LogP contribution in [0.15, 0.2) is 0 Å². The molecule has 0 N–H and O–H groups in total. The minimum absolute atomic E-state index is 0.412. The summed E-state index contributed by atoms with van der Waals surface area (Å²) in [6.07, 6.45) is 8.67. The first-order valence-corrected chi connectivity index (χ1v) is 8.33. The van der Waals surface area contributed by atoms with E-state index in [1.54, 1.807) is 0 Å². The average Bonchev–Trinajstić information content (AvgIpc) is 3.30. The molecule has 1 aliphatic carbocycles. The van der Waals surface area contributed by atoms with Gasteiger partial charge in [0.05, 0.1) is 18.3 Å². The Bertz CT molecular complexity index is 305. The molecular weight excluding hydrogens is 238 g/mol. The highest BCUT2D eigenvalue weighted by molar-refractivity contribution is 5.00. The van der Waals surface area contributed by atoms with Crippen LogP contribution in [0.3, 0.4) is 0 Å². The van der Waals surface area contributed by atoms with E-state index < -0.39 is 0 Å². The fourth-order valence-electron chi connectivity index (χ4n) is 4.16. The van der Waals surface area contributed by atoms with Crippen molar-refractivity contribution in [3.05, 3.63) is 0 Å². The molecule has 1 saturated carbocycles. The van der Waals surface area contributed by atoms with Crippen LogP contribution in [0.25, 0.3) is 0 Å². The van der Waals surface area contributed by atoms with Gasteiger partial charge in [-0.25, -0.2) is 0 Å². The zero-order valence-electron chi connectivity index (χ0n) is 12.7. The molecule has 0 bridgehead atoms. The van der Waals surface area contributed by atoms with Crippen LogP contribution in [0.2, 0.25) is 0 Å². The van der Waals surface area contributed by atoms with Gasteiger partial charge < -0.3 is 9.47 Å². The van der Waals surface area contributed by atoms with E-state index >= 15 is 0 Å². The van der Waals surface area contributed by atoms with Crippen LogP contribution in [0.1, 0.15) is 52.9 Å². The molecule has 2 heterocycles. The zero-order valence-corrected chi connectivity index (χ0v) is 12.7. The summed E-state index contributed by atoms with van der Waals surface area (Å²) >= 11 is 0. The number of hydrogen-bond acceptors (Lipinski definition) is 3. The van der Waals surface area contributed by atoms with Gasteiger partial charge in [0.25, 0.3) is 0 Å². The summed E-state index contributed by atoms with van der Waals surface area (Å²) < 4.78 is 11.8. The third kappa shape index (κ3) is 2.84. The zero-order chi connectivity index (χ0) is 13.4. The summed E-state index contributed by atoms with van der Waals surface area (Å²) in [4.78, 5) is 2.44. The normalized spacial score (nSPS) is 44.2. The minimum Gasteiger partial charge on any atom is -0.369 e. The Labute approximate surface area is 117 Å². The molecule has 2 aliphatic heterocycles. The lowest BCUT2D eigenvalue weighted by molar-refractivity contribution is 0.185. The number of fused-ring (bicyclic) bond motifs is 1. The number of nitrogens with zero attached hydrogens (tertiary/aromatic N) is 1. The Morgan fingerprint density at radius 3 is 2.53 bits per heavy atom. The molecule has 3 aliphatic rings. The second-order valence-electron chi connectivity index (χ2n) is 6.45. The Hall–Kier alpha value is -0.120. The van der Waals surface area contributed by atoms with Crippen molar-refractivity contribution in [3.63, 3.8) is 0 Å². The molecular formula is C16H29NO2. The van der Waals surface area contributed by atoms with Crippen LogP contribution >= 0.6 is 0 Å². The molecule has 2 saturated heterocycles. The van der Waals surface area contributed by atoms with E-state index in [2.05, 4.69) is 25.7 Å². The van der Waals surface area contributed by atoms with Gasteiger partial charge in [0.15, 0.2) is 0 Å². The highest BCUT2D eigenvalue weighted by atomic mass is 16.6. The Kier molecular flexibility index (Phi) is 4.16. The van der Waals surface area contributed by atoms with Crippen LogP contribution in [0.4, 0.5) is 0 Å².